The lowest BCUT2D eigenvalue weighted by Gasteiger charge is -2.26. The number of hydrogen-bond acceptors (Lipinski definition) is 2. The van der Waals surface area contributed by atoms with Crippen molar-refractivity contribution in [2.24, 2.45) is 0 Å². The number of benzene rings is 1. The van der Waals surface area contributed by atoms with Crippen LogP contribution in [0.2, 0.25) is 0 Å². The summed E-state index contributed by atoms with van der Waals surface area (Å²) in [6, 6.07) is 6.13. The van der Waals surface area contributed by atoms with Crippen molar-refractivity contribution >= 4 is 16.7 Å². The van der Waals surface area contributed by atoms with Crippen molar-refractivity contribution in [3.05, 3.63) is 34.9 Å². The van der Waals surface area contributed by atoms with Crippen LogP contribution in [0.25, 0.3) is 0 Å². The van der Waals surface area contributed by atoms with Crippen molar-refractivity contribution in [1.29, 1.82) is 0 Å². The molecule has 3 nitrogen and oxygen atoms in total. The maximum atomic E-state index is 12.4. The Labute approximate surface area is 131 Å². The summed E-state index contributed by atoms with van der Waals surface area (Å²) in [5.41, 5.74) is 3.07. The predicted octanol–water partition coefficient (Wildman–Crippen LogP) is 3.25. The van der Waals surface area contributed by atoms with Gasteiger partial charge in [-0.05, 0) is 52.2 Å². The first-order valence-corrected chi connectivity index (χ1v) is 8.80. The Kier molecular flexibility index (Phi) is 6.14. The molecule has 1 amide bonds. The monoisotopic (exact) mass is 309 g/mol. The van der Waals surface area contributed by atoms with E-state index in [9.17, 15) is 9.00 Å². The first kappa shape index (κ1) is 17.9. The Morgan fingerprint density at radius 2 is 1.95 bits per heavy atom. The molecule has 1 rings (SSSR count). The molecule has 1 aromatic carbocycles. The van der Waals surface area contributed by atoms with Crippen LogP contribution in [0.4, 0.5) is 0 Å². The number of carbonyl (C=O) groups excluding carboxylic acids is 1. The van der Waals surface area contributed by atoms with E-state index in [4.69, 9.17) is 0 Å². The molecule has 0 fully saturated rings. The minimum Gasteiger partial charge on any atom is -0.350 e. The van der Waals surface area contributed by atoms with Crippen LogP contribution in [0.5, 0.6) is 0 Å². The molecular formula is C17H27NO2S. The molecule has 0 aliphatic heterocycles. The van der Waals surface area contributed by atoms with Gasteiger partial charge in [0.1, 0.15) is 5.25 Å². The molecule has 0 saturated carbocycles. The van der Waals surface area contributed by atoms with Crippen LogP contribution in [0.1, 0.15) is 50.8 Å². The molecule has 0 aliphatic rings. The highest BCUT2D eigenvalue weighted by molar-refractivity contribution is 7.85. The van der Waals surface area contributed by atoms with Crippen LogP contribution in [-0.2, 0) is 21.3 Å². The molecule has 0 saturated heterocycles. The van der Waals surface area contributed by atoms with E-state index in [1.165, 1.54) is 0 Å². The van der Waals surface area contributed by atoms with Crippen molar-refractivity contribution in [3.8, 4) is 0 Å². The maximum absolute atomic E-state index is 12.4. The lowest BCUT2D eigenvalue weighted by Crippen LogP contribution is -2.47. The summed E-state index contributed by atoms with van der Waals surface area (Å²) in [6.07, 6.45) is 0.842. The van der Waals surface area contributed by atoms with Crippen molar-refractivity contribution in [2.75, 3.05) is 0 Å². The minimum absolute atomic E-state index is 0.134. The third-order valence-electron chi connectivity index (χ3n) is 3.91. The molecule has 2 atom stereocenters. The number of rotatable bonds is 6. The summed E-state index contributed by atoms with van der Waals surface area (Å²) in [6.45, 7) is 11.7. The summed E-state index contributed by atoms with van der Waals surface area (Å²) < 4.78 is 12.4. The van der Waals surface area contributed by atoms with E-state index < -0.39 is 16.0 Å². The average Bonchev–Trinajstić information content (AvgIpc) is 2.41. The van der Waals surface area contributed by atoms with E-state index in [0.29, 0.717) is 5.75 Å². The molecule has 4 heteroatoms. The second-order valence-electron chi connectivity index (χ2n) is 6.32. The van der Waals surface area contributed by atoms with Gasteiger partial charge in [0.15, 0.2) is 0 Å². The molecule has 0 aromatic heterocycles. The van der Waals surface area contributed by atoms with E-state index in [1.54, 1.807) is 6.92 Å². The topological polar surface area (TPSA) is 46.2 Å². The minimum atomic E-state index is -1.21. The molecule has 1 aromatic rings. The van der Waals surface area contributed by atoms with Crippen LogP contribution in [0.3, 0.4) is 0 Å². The largest absolute Gasteiger partial charge is 0.350 e. The quantitative estimate of drug-likeness (QED) is 0.877. The van der Waals surface area contributed by atoms with E-state index >= 15 is 0 Å². The predicted molar refractivity (Wildman–Crippen MR) is 89.7 cm³/mol. The van der Waals surface area contributed by atoms with Crippen molar-refractivity contribution < 1.29 is 9.00 Å². The van der Waals surface area contributed by atoms with Crippen molar-refractivity contribution in [3.63, 3.8) is 0 Å². The highest BCUT2D eigenvalue weighted by Crippen LogP contribution is 2.15. The van der Waals surface area contributed by atoms with Gasteiger partial charge in [0.25, 0.3) is 0 Å². The van der Waals surface area contributed by atoms with Gasteiger partial charge in [-0.15, -0.1) is 0 Å². The van der Waals surface area contributed by atoms with Crippen LogP contribution in [0.15, 0.2) is 18.2 Å². The van der Waals surface area contributed by atoms with Gasteiger partial charge in [-0.2, -0.15) is 0 Å². The van der Waals surface area contributed by atoms with E-state index in [-0.39, 0.29) is 11.4 Å². The SMILES string of the molecule is CCC(C)(C)NC(=O)C(C)S(=O)Cc1cc(C)ccc1C. The smallest absolute Gasteiger partial charge is 0.235 e. The molecule has 21 heavy (non-hydrogen) atoms. The molecule has 0 radical (unpaired) electrons. The summed E-state index contributed by atoms with van der Waals surface area (Å²) in [7, 11) is -1.21. The van der Waals surface area contributed by atoms with Gasteiger partial charge in [-0.3, -0.25) is 9.00 Å². The molecule has 0 spiro atoms. The molecule has 118 valence electrons. The van der Waals surface area contributed by atoms with Gasteiger partial charge in [-0.1, -0.05) is 30.7 Å². The zero-order valence-corrected chi connectivity index (χ0v) is 14.8. The Hall–Kier alpha value is -1.16. The number of amides is 1. The molecule has 0 bridgehead atoms. The van der Waals surface area contributed by atoms with Gasteiger partial charge in [0.05, 0.1) is 0 Å². The molecule has 0 heterocycles. The Morgan fingerprint density at radius 1 is 1.33 bits per heavy atom. The average molecular weight is 309 g/mol. The lowest BCUT2D eigenvalue weighted by molar-refractivity contribution is -0.121. The Balaban J connectivity index is 2.75. The first-order valence-electron chi connectivity index (χ1n) is 7.41. The lowest BCUT2D eigenvalue weighted by atomic mass is 10.0. The van der Waals surface area contributed by atoms with E-state index in [2.05, 4.69) is 5.32 Å². The summed E-state index contributed by atoms with van der Waals surface area (Å²) in [5, 5.41) is 2.46. The zero-order valence-electron chi connectivity index (χ0n) is 13.9. The van der Waals surface area contributed by atoms with Gasteiger partial charge < -0.3 is 5.32 Å². The summed E-state index contributed by atoms with van der Waals surface area (Å²) in [5.74, 6) is 0.291. The van der Waals surface area contributed by atoms with Gasteiger partial charge in [-0.25, -0.2) is 0 Å². The fraction of sp³-hybridized carbons (Fsp3) is 0.588. The number of nitrogens with one attached hydrogen (secondary N) is 1. The van der Waals surface area contributed by atoms with Crippen LogP contribution < -0.4 is 5.32 Å². The van der Waals surface area contributed by atoms with Crippen LogP contribution >= 0.6 is 0 Å². The third kappa shape index (κ3) is 5.27. The van der Waals surface area contributed by atoms with Gasteiger partial charge in [0, 0.05) is 22.1 Å². The van der Waals surface area contributed by atoms with Crippen LogP contribution in [-0.4, -0.2) is 20.9 Å². The number of hydrogen-bond donors (Lipinski definition) is 1. The first-order chi connectivity index (χ1) is 9.66. The number of carbonyl (C=O) groups is 1. The second-order valence-corrected chi connectivity index (χ2v) is 8.08. The zero-order chi connectivity index (χ0) is 16.2. The molecule has 2 unspecified atom stereocenters. The number of aryl methyl sites for hydroxylation is 2. The van der Waals surface area contributed by atoms with E-state index in [1.807, 2.05) is 52.8 Å². The summed E-state index contributed by atoms with van der Waals surface area (Å²) in [4.78, 5) is 12.2. The van der Waals surface area contributed by atoms with Gasteiger partial charge >= 0.3 is 0 Å². The highest BCUT2D eigenvalue weighted by atomic mass is 32.2. The second kappa shape index (κ2) is 7.21. The fourth-order valence-electron chi connectivity index (χ4n) is 1.88. The molecule has 0 aliphatic carbocycles. The fourth-order valence-corrected chi connectivity index (χ4v) is 3.04. The third-order valence-corrected chi connectivity index (χ3v) is 5.51. The van der Waals surface area contributed by atoms with Crippen molar-refractivity contribution in [1.82, 2.24) is 5.32 Å². The Morgan fingerprint density at radius 3 is 2.52 bits per heavy atom. The van der Waals surface area contributed by atoms with Crippen molar-refractivity contribution in [2.45, 2.75) is 64.5 Å². The molecular weight excluding hydrogens is 282 g/mol. The van der Waals surface area contributed by atoms with Gasteiger partial charge in [0.2, 0.25) is 5.91 Å². The highest BCUT2D eigenvalue weighted by Gasteiger charge is 2.25. The standard InChI is InChI=1S/C17H27NO2S/c1-7-17(5,6)18-16(19)14(4)21(20)11-15-10-12(2)8-9-13(15)3/h8-10,14H,7,11H2,1-6H3,(H,18,19). The normalized spacial score (nSPS) is 14.6. The Bertz CT molecular complexity index is 538. The maximum Gasteiger partial charge on any atom is 0.235 e. The summed E-state index contributed by atoms with van der Waals surface area (Å²) >= 11 is 0. The van der Waals surface area contributed by atoms with Crippen LogP contribution in [0, 0.1) is 13.8 Å². The van der Waals surface area contributed by atoms with E-state index in [0.717, 1.165) is 23.1 Å². The molecule has 1 N–H and O–H groups in total.